The molecule has 3 aromatic carbocycles. The van der Waals surface area contributed by atoms with Gasteiger partial charge in [-0.25, -0.2) is 4.98 Å². The molecule has 9 rings (SSSR count). The van der Waals surface area contributed by atoms with Gasteiger partial charge in [0.2, 0.25) is 5.91 Å². The number of imidazole rings is 1. The predicted octanol–water partition coefficient (Wildman–Crippen LogP) is 6.51. The molecule has 3 N–H and O–H groups in total. The zero-order chi connectivity index (χ0) is 33.0. The van der Waals surface area contributed by atoms with E-state index in [4.69, 9.17) is 14.3 Å². The molecular weight excluding hydrogens is 599 g/mol. The van der Waals surface area contributed by atoms with Crippen molar-refractivity contribution >= 4 is 30.0 Å². The molecule has 2 bridgehead atoms. The predicted molar refractivity (Wildman–Crippen MR) is 187 cm³/mol. The second-order valence-electron chi connectivity index (χ2n) is 15.4. The van der Waals surface area contributed by atoms with E-state index >= 15 is 0 Å². The second kappa shape index (κ2) is 12.2. The number of nitrogens with one attached hydrogen (secondary N) is 3. The number of aromatic amines is 1. The number of amides is 2. The monoisotopic (exact) mass is 644 g/mol. The number of hydrogen-bond donors (Lipinski definition) is 3. The molecule has 1 aliphatic heterocycles. The van der Waals surface area contributed by atoms with Crippen LogP contribution in [0.4, 0.5) is 0 Å². The number of hydrogen-bond acceptors (Lipinski definition) is 5. The average Bonchev–Trinajstić information content (AvgIpc) is 3.66. The Bertz CT molecular complexity index is 1810. The summed E-state index contributed by atoms with van der Waals surface area (Å²) < 4.78 is 13.5. The van der Waals surface area contributed by atoms with Crippen molar-refractivity contribution in [3.8, 4) is 11.4 Å². The van der Waals surface area contributed by atoms with Crippen LogP contribution in [-0.2, 0) is 20.5 Å². The Labute approximate surface area is 282 Å². The van der Waals surface area contributed by atoms with Gasteiger partial charge < -0.3 is 24.9 Å². The summed E-state index contributed by atoms with van der Waals surface area (Å²) in [5, 5.41) is 6.41. The Morgan fingerprint density at radius 2 is 1.73 bits per heavy atom. The highest BCUT2D eigenvalue weighted by Gasteiger charge is 2.68. The first kappa shape index (κ1) is 31.3. The normalized spacial score (nSPS) is 27.0. The van der Waals surface area contributed by atoms with Gasteiger partial charge in [0.05, 0.1) is 28.7 Å². The highest BCUT2D eigenvalue weighted by molar-refractivity contribution is 6.48. The van der Waals surface area contributed by atoms with Gasteiger partial charge in [-0.05, 0) is 73.1 Å². The van der Waals surface area contributed by atoms with Crippen molar-refractivity contribution in [2.24, 2.45) is 23.2 Å². The smallest absolute Gasteiger partial charge is 0.404 e. The molecule has 9 heteroatoms. The lowest BCUT2D eigenvalue weighted by atomic mass is 9.43. The molecule has 248 valence electrons. The van der Waals surface area contributed by atoms with E-state index in [1.807, 2.05) is 66.7 Å². The zero-order valence-corrected chi connectivity index (χ0v) is 28.1. The number of nitrogens with zero attached hydrogens (tertiary/aromatic N) is 1. The fraction of sp³-hybridized carbons (Fsp3) is 0.462. The van der Waals surface area contributed by atoms with Gasteiger partial charge in [-0.15, -0.1) is 0 Å². The fourth-order valence-electron chi connectivity index (χ4n) is 8.86. The minimum Gasteiger partial charge on any atom is -0.404 e. The summed E-state index contributed by atoms with van der Waals surface area (Å²) in [6.07, 6.45) is 6.92. The standard InChI is InChI=1S/C39H45BN4O4/c1-38(2)28-22-32(38)39(3)33(23-28)47-40(48-39)34(20-25-13-10-14-25)44-37(46)31(19-24-11-6-4-7-12-24)43-36(45)27-17-18-29-30(21-27)42-35(41-29)26-15-8-5-9-16-26/h4-9,11-12,15-18,21,25,28,31-34H,10,13-14,19-20,22-23H2,1-3H3,(H,41,42)(H,43,45)(H,44,46)/t28-,31-,32-,33+,34-,39-/m0/s1. The van der Waals surface area contributed by atoms with Crippen LogP contribution in [0.3, 0.4) is 0 Å². The number of carbonyl (C=O) groups excluding carboxylic acids is 2. The minimum atomic E-state index is -0.787. The number of aromatic nitrogens is 2. The van der Waals surface area contributed by atoms with Gasteiger partial charge in [0, 0.05) is 17.5 Å². The van der Waals surface area contributed by atoms with E-state index < -0.39 is 13.2 Å². The summed E-state index contributed by atoms with van der Waals surface area (Å²) >= 11 is 0. The van der Waals surface area contributed by atoms with Gasteiger partial charge in [-0.3, -0.25) is 9.59 Å². The maximum absolute atomic E-state index is 14.3. The molecule has 0 unspecified atom stereocenters. The van der Waals surface area contributed by atoms with E-state index in [2.05, 4.69) is 36.4 Å². The van der Waals surface area contributed by atoms with E-state index in [0.717, 1.165) is 48.2 Å². The van der Waals surface area contributed by atoms with Gasteiger partial charge in [0.25, 0.3) is 5.91 Å². The first-order chi connectivity index (χ1) is 23.2. The molecule has 4 saturated carbocycles. The van der Waals surface area contributed by atoms with Gasteiger partial charge in [-0.2, -0.15) is 0 Å². The van der Waals surface area contributed by atoms with E-state index in [0.29, 0.717) is 35.3 Å². The zero-order valence-electron chi connectivity index (χ0n) is 28.1. The van der Waals surface area contributed by atoms with Crippen LogP contribution in [0.25, 0.3) is 22.4 Å². The van der Waals surface area contributed by atoms with Crippen molar-refractivity contribution < 1.29 is 18.9 Å². The Kier molecular flexibility index (Phi) is 7.95. The van der Waals surface area contributed by atoms with Crippen LogP contribution < -0.4 is 10.6 Å². The van der Waals surface area contributed by atoms with Crippen molar-refractivity contribution in [3.05, 3.63) is 90.0 Å². The molecular formula is C39H45BN4O4. The van der Waals surface area contributed by atoms with Crippen molar-refractivity contribution in [2.45, 2.75) is 89.4 Å². The van der Waals surface area contributed by atoms with E-state index in [1.165, 1.54) is 12.8 Å². The van der Waals surface area contributed by atoms with Crippen molar-refractivity contribution in [1.29, 1.82) is 0 Å². The molecule has 0 radical (unpaired) electrons. The molecule has 2 amide bonds. The third kappa shape index (κ3) is 5.65. The molecule has 8 nitrogen and oxygen atoms in total. The van der Waals surface area contributed by atoms with E-state index in [-0.39, 0.29) is 34.9 Å². The van der Waals surface area contributed by atoms with Crippen LogP contribution in [-0.4, -0.2) is 52.6 Å². The van der Waals surface area contributed by atoms with Gasteiger partial charge in [0.1, 0.15) is 11.9 Å². The maximum atomic E-state index is 14.3. The second-order valence-corrected chi connectivity index (χ2v) is 15.4. The molecule has 4 aliphatic carbocycles. The number of carbonyl (C=O) groups is 2. The van der Waals surface area contributed by atoms with Crippen LogP contribution >= 0.6 is 0 Å². The summed E-state index contributed by atoms with van der Waals surface area (Å²) in [5.74, 6) is 1.54. The molecule has 1 saturated heterocycles. The highest BCUT2D eigenvalue weighted by atomic mass is 16.7. The summed E-state index contributed by atoms with van der Waals surface area (Å²) in [4.78, 5) is 36.1. The third-order valence-corrected chi connectivity index (χ3v) is 12.1. The lowest BCUT2D eigenvalue weighted by molar-refractivity contribution is -0.199. The Morgan fingerprint density at radius 3 is 2.44 bits per heavy atom. The molecule has 5 fully saturated rings. The van der Waals surface area contributed by atoms with Crippen molar-refractivity contribution in [3.63, 3.8) is 0 Å². The van der Waals surface area contributed by atoms with Crippen LogP contribution in [0, 0.1) is 23.2 Å². The van der Waals surface area contributed by atoms with Gasteiger partial charge >= 0.3 is 7.12 Å². The lowest BCUT2D eigenvalue weighted by Crippen LogP contribution is -2.65. The average molecular weight is 645 g/mol. The Hall–Kier alpha value is -3.95. The maximum Gasteiger partial charge on any atom is 0.481 e. The molecule has 5 aliphatic rings. The minimum absolute atomic E-state index is 0.0410. The van der Waals surface area contributed by atoms with Crippen LogP contribution in [0.5, 0.6) is 0 Å². The molecule has 2 heterocycles. The summed E-state index contributed by atoms with van der Waals surface area (Å²) in [6, 6.07) is 24.4. The summed E-state index contributed by atoms with van der Waals surface area (Å²) in [6.45, 7) is 6.94. The Morgan fingerprint density at radius 1 is 0.979 bits per heavy atom. The molecule has 4 aromatic rings. The number of benzene rings is 3. The number of H-pyrrole nitrogens is 1. The summed E-state index contributed by atoms with van der Waals surface area (Å²) in [7, 11) is -0.506. The number of fused-ring (bicyclic) bond motifs is 1. The molecule has 1 aromatic heterocycles. The lowest BCUT2D eigenvalue weighted by Gasteiger charge is -2.64. The van der Waals surface area contributed by atoms with Crippen LogP contribution in [0.2, 0.25) is 0 Å². The number of rotatable bonds is 10. The van der Waals surface area contributed by atoms with Crippen LogP contribution in [0.15, 0.2) is 78.9 Å². The first-order valence-electron chi connectivity index (χ1n) is 17.7. The van der Waals surface area contributed by atoms with E-state index in [1.54, 1.807) is 12.1 Å². The fourth-order valence-corrected chi connectivity index (χ4v) is 8.86. The van der Waals surface area contributed by atoms with Crippen molar-refractivity contribution in [1.82, 2.24) is 20.6 Å². The quantitative estimate of drug-likeness (QED) is 0.171. The van der Waals surface area contributed by atoms with Gasteiger partial charge in [0.15, 0.2) is 0 Å². The Balaban J connectivity index is 1.02. The molecule has 6 atom stereocenters. The molecule has 48 heavy (non-hydrogen) atoms. The van der Waals surface area contributed by atoms with Gasteiger partial charge in [-0.1, -0.05) is 93.8 Å². The largest absolute Gasteiger partial charge is 0.481 e. The third-order valence-electron chi connectivity index (χ3n) is 12.1. The van der Waals surface area contributed by atoms with Crippen LogP contribution in [0.1, 0.15) is 75.2 Å². The van der Waals surface area contributed by atoms with Crippen molar-refractivity contribution in [2.75, 3.05) is 0 Å². The highest BCUT2D eigenvalue weighted by Crippen LogP contribution is 2.65. The van der Waals surface area contributed by atoms with E-state index in [9.17, 15) is 9.59 Å². The first-order valence-corrected chi connectivity index (χ1v) is 17.7. The molecule has 0 spiro atoms. The summed E-state index contributed by atoms with van der Waals surface area (Å²) in [5.41, 5.74) is 3.81. The topological polar surface area (TPSA) is 105 Å². The SMILES string of the molecule is CC1(C)[C@@H]2C[C@H]3OB([C@H](CC4CCC4)NC(=O)[C@H](Cc4ccccc4)NC(=O)c4ccc5[nH]c(-c6ccccc6)nc5c4)O[C@@]3(C)[C@H]1C2.